The third-order valence-corrected chi connectivity index (χ3v) is 6.15. The number of hydrogen-bond donors (Lipinski definition) is 0. The van der Waals surface area contributed by atoms with Crippen LogP contribution in [0.5, 0.6) is 28.7 Å². The maximum absolute atomic E-state index is 13.8. The van der Waals surface area contributed by atoms with Gasteiger partial charge in [-0.25, -0.2) is 0 Å². The van der Waals surface area contributed by atoms with Gasteiger partial charge in [-0.1, -0.05) is 12.1 Å². The van der Waals surface area contributed by atoms with E-state index < -0.39 is 0 Å². The van der Waals surface area contributed by atoms with Crippen molar-refractivity contribution in [3.63, 3.8) is 0 Å². The highest BCUT2D eigenvalue weighted by molar-refractivity contribution is 5.97. The summed E-state index contributed by atoms with van der Waals surface area (Å²) in [4.78, 5) is 15.7. The van der Waals surface area contributed by atoms with Crippen LogP contribution in [0.2, 0.25) is 0 Å². The summed E-state index contributed by atoms with van der Waals surface area (Å²) in [6, 6.07) is 18.4. The molecule has 1 aliphatic heterocycles. The minimum atomic E-state index is -0.331. The molecule has 184 valence electrons. The number of benzene rings is 3. The largest absolute Gasteiger partial charge is 0.497 e. The fourth-order valence-corrected chi connectivity index (χ4v) is 4.38. The van der Waals surface area contributed by atoms with Gasteiger partial charge in [-0.15, -0.1) is 0 Å². The van der Waals surface area contributed by atoms with Crippen LogP contribution in [0.1, 0.15) is 34.5 Å². The number of amides is 1. The van der Waals surface area contributed by atoms with E-state index in [0.717, 1.165) is 16.9 Å². The van der Waals surface area contributed by atoms with Crippen molar-refractivity contribution in [3.05, 3.63) is 77.4 Å². The standard InChI is InChI=1S/C28H31NO6/c1-5-34-25-9-7-6-8-22(25)28(30)29-15-14-19-16-26(32-3)27(33-4)17-23(19)24(29)18-35-21-12-10-20(31-2)11-13-21/h6-13,16-17,24H,5,14-15,18H2,1-4H3/t24-/m0/s1. The Balaban J connectivity index is 1.70. The van der Waals surface area contributed by atoms with Crippen LogP contribution in [-0.4, -0.2) is 51.9 Å². The molecule has 1 atom stereocenters. The summed E-state index contributed by atoms with van der Waals surface area (Å²) in [6.07, 6.45) is 0.692. The van der Waals surface area contributed by atoms with Gasteiger partial charge in [0.25, 0.3) is 5.91 Å². The Hall–Kier alpha value is -3.87. The maximum Gasteiger partial charge on any atom is 0.258 e. The molecule has 0 radical (unpaired) electrons. The Labute approximate surface area is 206 Å². The fourth-order valence-electron chi connectivity index (χ4n) is 4.38. The summed E-state index contributed by atoms with van der Waals surface area (Å²) < 4.78 is 28.2. The second-order valence-electron chi connectivity index (χ2n) is 8.09. The highest BCUT2D eigenvalue weighted by Gasteiger charge is 2.34. The van der Waals surface area contributed by atoms with Gasteiger partial charge in [0.1, 0.15) is 23.9 Å². The Kier molecular flexibility index (Phi) is 7.65. The molecule has 0 bridgehead atoms. The number of ether oxygens (including phenoxy) is 5. The summed E-state index contributed by atoms with van der Waals surface area (Å²) in [5.74, 6) is 3.21. The molecule has 0 saturated carbocycles. The van der Waals surface area contributed by atoms with Crippen LogP contribution in [0, 0.1) is 0 Å². The van der Waals surface area contributed by atoms with Gasteiger partial charge in [-0.05, 0) is 73.0 Å². The molecular weight excluding hydrogens is 446 g/mol. The van der Waals surface area contributed by atoms with E-state index in [-0.39, 0.29) is 18.6 Å². The summed E-state index contributed by atoms with van der Waals surface area (Å²) in [6.45, 7) is 3.20. The number of carbonyl (C=O) groups excluding carboxylic acids is 1. The van der Waals surface area contributed by atoms with E-state index in [9.17, 15) is 4.79 Å². The molecule has 35 heavy (non-hydrogen) atoms. The second-order valence-corrected chi connectivity index (χ2v) is 8.09. The SMILES string of the molecule is CCOc1ccccc1C(=O)N1CCc2cc(OC)c(OC)cc2[C@@H]1COc1ccc(OC)cc1. The lowest BCUT2D eigenvalue weighted by atomic mass is 9.91. The first-order valence-corrected chi connectivity index (χ1v) is 11.6. The third kappa shape index (κ3) is 5.14. The number of carbonyl (C=O) groups is 1. The number of hydrogen-bond acceptors (Lipinski definition) is 6. The number of methoxy groups -OCH3 is 3. The summed E-state index contributed by atoms with van der Waals surface area (Å²) in [5, 5.41) is 0. The zero-order valence-corrected chi connectivity index (χ0v) is 20.6. The van der Waals surface area contributed by atoms with Crippen molar-refractivity contribution in [2.24, 2.45) is 0 Å². The van der Waals surface area contributed by atoms with Crippen molar-refractivity contribution in [1.29, 1.82) is 0 Å². The van der Waals surface area contributed by atoms with Gasteiger partial charge < -0.3 is 28.6 Å². The van der Waals surface area contributed by atoms with Crippen molar-refractivity contribution in [2.45, 2.75) is 19.4 Å². The van der Waals surface area contributed by atoms with Crippen molar-refractivity contribution in [3.8, 4) is 28.7 Å². The van der Waals surface area contributed by atoms with Crippen LogP contribution in [0.4, 0.5) is 0 Å². The van der Waals surface area contributed by atoms with Crippen LogP contribution in [0.15, 0.2) is 60.7 Å². The van der Waals surface area contributed by atoms with E-state index in [1.807, 2.05) is 66.4 Å². The van der Waals surface area contributed by atoms with Gasteiger partial charge in [0.05, 0.1) is 39.5 Å². The molecule has 0 aromatic heterocycles. The van der Waals surface area contributed by atoms with Crippen LogP contribution in [0.25, 0.3) is 0 Å². The number of nitrogens with zero attached hydrogens (tertiary/aromatic N) is 1. The molecule has 0 aliphatic carbocycles. The zero-order valence-electron chi connectivity index (χ0n) is 20.6. The summed E-state index contributed by atoms with van der Waals surface area (Å²) >= 11 is 0. The molecule has 3 aromatic carbocycles. The molecule has 7 heteroatoms. The molecule has 0 fully saturated rings. The molecule has 1 amide bonds. The van der Waals surface area contributed by atoms with Crippen molar-refractivity contribution >= 4 is 5.91 Å². The molecule has 3 aromatic rings. The smallest absolute Gasteiger partial charge is 0.258 e. The Bertz CT molecular complexity index is 1160. The Morgan fingerprint density at radius 3 is 2.23 bits per heavy atom. The Morgan fingerprint density at radius 1 is 0.857 bits per heavy atom. The van der Waals surface area contributed by atoms with E-state index in [4.69, 9.17) is 23.7 Å². The van der Waals surface area contributed by atoms with Crippen molar-refractivity contribution in [1.82, 2.24) is 4.90 Å². The predicted octanol–water partition coefficient (Wildman–Crippen LogP) is 4.93. The first kappa shape index (κ1) is 24.3. The zero-order chi connectivity index (χ0) is 24.8. The summed E-state index contributed by atoms with van der Waals surface area (Å²) in [7, 11) is 4.86. The Morgan fingerprint density at radius 2 is 1.54 bits per heavy atom. The van der Waals surface area contributed by atoms with Crippen molar-refractivity contribution < 1.29 is 28.5 Å². The normalized spacial score (nSPS) is 14.6. The molecular formula is C28H31NO6. The van der Waals surface area contributed by atoms with Crippen LogP contribution in [0.3, 0.4) is 0 Å². The van der Waals surface area contributed by atoms with Crippen LogP contribution in [-0.2, 0) is 6.42 Å². The monoisotopic (exact) mass is 477 g/mol. The fraction of sp³-hybridized carbons (Fsp3) is 0.321. The lowest BCUT2D eigenvalue weighted by Gasteiger charge is -2.38. The molecule has 0 saturated heterocycles. The van der Waals surface area contributed by atoms with E-state index in [0.29, 0.717) is 48.1 Å². The average molecular weight is 478 g/mol. The highest BCUT2D eigenvalue weighted by atomic mass is 16.5. The van der Waals surface area contributed by atoms with Gasteiger partial charge in [-0.3, -0.25) is 4.79 Å². The van der Waals surface area contributed by atoms with Gasteiger partial charge in [0, 0.05) is 6.54 Å². The van der Waals surface area contributed by atoms with Crippen LogP contribution >= 0.6 is 0 Å². The molecule has 1 heterocycles. The van der Waals surface area contributed by atoms with Crippen molar-refractivity contribution in [2.75, 3.05) is 41.1 Å². The number of fused-ring (bicyclic) bond motifs is 1. The third-order valence-electron chi connectivity index (χ3n) is 6.15. The highest BCUT2D eigenvalue weighted by Crippen LogP contribution is 2.39. The predicted molar refractivity (Wildman–Crippen MR) is 133 cm³/mol. The van der Waals surface area contributed by atoms with E-state index in [1.165, 1.54) is 0 Å². The van der Waals surface area contributed by atoms with Gasteiger partial charge >= 0.3 is 0 Å². The van der Waals surface area contributed by atoms with Crippen LogP contribution < -0.4 is 23.7 Å². The average Bonchev–Trinajstić information content (AvgIpc) is 2.91. The van der Waals surface area contributed by atoms with Gasteiger partial charge in [0.15, 0.2) is 11.5 Å². The first-order chi connectivity index (χ1) is 17.1. The van der Waals surface area contributed by atoms with E-state index >= 15 is 0 Å². The summed E-state index contributed by atoms with van der Waals surface area (Å²) in [5.41, 5.74) is 2.62. The lowest BCUT2D eigenvalue weighted by Crippen LogP contribution is -2.42. The molecule has 4 rings (SSSR count). The minimum Gasteiger partial charge on any atom is -0.497 e. The van der Waals surface area contributed by atoms with E-state index in [2.05, 4.69) is 0 Å². The molecule has 0 unspecified atom stereocenters. The van der Waals surface area contributed by atoms with E-state index in [1.54, 1.807) is 27.4 Å². The lowest BCUT2D eigenvalue weighted by molar-refractivity contribution is 0.0585. The molecule has 1 aliphatic rings. The second kappa shape index (κ2) is 11.0. The van der Waals surface area contributed by atoms with Gasteiger partial charge in [0.2, 0.25) is 0 Å². The number of para-hydroxylation sites is 1. The quantitative estimate of drug-likeness (QED) is 0.435. The minimum absolute atomic E-state index is 0.0992. The molecule has 0 spiro atoms. The molecule has 7 nitrogen and oxygen atoms in total. The first-order valence-electron chi connectivity index (χ1n) is 11.6. The molecule has 0 N–H and O–H groups in total. The maximum atomic E-state index is 13.8. The number of rotatable bonds is 9. The van der Waals surface area contributed by atoms with Gasteiger partial charge in [-0.2, -0.15) is 0 Å². The topological polar surface area (TPSA) is 66.5 Å².